The topological polar surface area (TPSA) is 86.3 Å². The first-order valence-corrected chi connectivity index (χ1v) is 11.0. The standard InChI is InChI=1S/C16H33N5O3S/c1-14(20-8-10-24-11-9-20)12-18-16(17-2)19-13-15-4-6-21(7-5-15)25(3,22)23/h14-15H,4-13H2,1-3H3,(H2,17,18,19). The van der Waals surface area contributed by atoms with Gasteiger partial charge in [0.05, 0.1) is 19.5 Å². The second kappa shape index (κ2) is 9.70. The van der Waals surface area contributed by atoms with Gasteiger partial charge in [0, 0.05) is 52.4 Å². The van der Waals surface area contributed by atoms with Crippen LogP contribution >= 0.6 is 0 Å². The molecule has 0 aromatic carbocycles. The molecule has 2 N–H and O–H groups in total. The molecule has 25 heavy (non-hydrogen) atoms. The smallest absolute Gasteiger partial charge is 0.211 e. The Kier molecular flexibility index (Phi) is 7.92. The lowest BCUT2D eigenvalue weighted by molar-refractivity contribution is 0.0211. The van der Waals surface area contributed by atoms with Gasteiger partial charge in [-0.1, -0.05) is 0 Å². The molecule has 0 aliphatic carbocycles. The number of nitrogens with zero attached hydrogens (tertiary/aromatic N) is 3. The lowest BCUT2D eigenvalue weighted by Crippen LogP contribution is -2.50. The predicted octanol–water partition coefficient (Wildman–Crippen LogP) is -0.456. The van der Waals surface area contributed by atoms with Crippen LogP contribution in [0.4, 0.5) is 0 Å². The van der Waals surface area contributed by atoms with Crippen LogP contribution in [-0.2, 0) is 14.8 Å². The van der Waals surface area contributed by atoms with E-state index in [9.17, 15) is 8.42 Å². The molecule has 0 saturated carbocycles. The Bertz CT molecular complexity index is 526. The summed E-state index contributed by atoms with van der Waals surface area (Å²) < 4.78 is 30.1. The quantitative estimate of drug-likeness (QED) is 0.483. The number of sulfonamides is 1. The van der Waals surface area contributed by atoms with E-state index in [0.717, 1.165) is 58.2 Å². The molecule has 2 saturated heterocycles. The highest BCUT2D eigenvalue weighted by Crippen LogP contribution is 2.18. The van der Waals surface area contributed by atoms with E-state index >= 15 is 0 Å². The molecule has 146 valence electrons. The molecular weight excluding hydrogens is 342 g/mol. The Labute approximate surface area is 152 Å². The highest BCUT2D eigenvalue weighted by molar-refractivity contribution is 7.88. The minimum absolute atomic E-state index is 0.431. The molecule has 2 fully saturated rings. The summed E-state index contributed by atoms with van der Waals surface area (Å²) in [4.78, 5) is 6.71. The van der Waals surface area contributed by atoms with E-state index < -0.39 is 10.0 Å². The first-order valence-electron chi connectivity index (χ1n) is 9.11. The van der Waals surface area contributed by atoms with E-state index in [1.807, 2.05) is 0 Å². The molecule has 2 aliphatic heterocycles. The Hall–Kier alpha value is -0.900. The van der Waals surface area contributed by atoms with Gasteiger partial charge in [-0.2, -0.15) is 0 Å². The lowest BCUT2D eigenvalue weighted by atomic mass is 9.98. The van der Waals surface area contributed by atoms with Crippen LogP contribution in [0.2, 0.25) is 0 Å². The zero-order valence-corrected chi connectivity index (χ0v) is 16.5. The Balaban J connectivity index is 1.67. The molecule has 0 aromatic heterocycles. The summed E-state index contributed by atoms with van der Waals surface area (Å²) >= 11 is 0. The van der Waals surface area contributed by atoms with Gasteiger partial charge >= 0.3 is 0 Å². The zero-order chi connectivity index (χ0) is 18.3. The van der Waals surface area contributed by atoms with E-state index in [0.29, 0.717) is 25.0 Å². The van der Waals surface area contributed by atoms with Crippen LogP contribution in [0.1, 0.15) is 19.8 Å². The number of rotatable bonds is 6. The minimum atomic E-state index is -3.05. The fourth-order valence-electron chi connectivity index (χ4n) is 3.30. The molecule has 9 heteroatoms. The van der Waals surface area contributed by atoms with Gasteiger partial charge in [0.25, 0.3) is 0 Å². The van der Waals surface area contributed by atoms with Crippen LogP contribution in [0.3, 0.4) is 0 Å². The average Bonchev–Trinajstić information content (AvgIpc) is 2.62. The summed E-state index contributed by atoms with van der Waals surface area (Å²) in [6.45, 7) is 8.69. The van der Waals surface area contributed by atoms with E-state index in [1.54, 1.807) is 11.4 Å². The number of hydrogen-bond acceptors (Lipinski definition) is 5. The van der Waals surface area contributed by atoms with Crippen molar-refractivity contribution in [3.63, 3.8) is 0 Å². The van der Waals surface area contributed by atoms with Crippen molar-refractivity contribution < 1.29 is 13.2 Å². The Morgan fingerprint density at radius 2 is 1.84 bits per heavy atom. The third-order valence-electron chi connectivity index (χ3n) is 5.06. The van der Waals surface area contributed by atoms with Crippen molar-refractivity contribution in [1.29, 1.82) is 0 Å². The van der Waals surface area contributed by atoms with Crippen molar-refractivity contribution in [2.75, 3.05) is 65.8 Å². The van der Waals surface area contributed by atoms with Gasteiger partial charge in [-0.05, 0) is 25.7 Å². The second-order valence-electron chi connectivity index (χ2n) is 6.94. The fraction of sp³-hybridized carbons (Fsp3) is 0.938. The van der Waals surface area contributed by atoms with Crippen LogP contribution in [0.25, 0.3) is 0 Å². The molecule has 0 aromatic rings. The number of guanidine groups is 1. The molecule has 0 radical (unpaired) electrons. The highest BCUT2D eigenvalue weighted by Gasteiger charge is 2.25. The fourth-order valence-corrected chi connectivity index (χ4v) is 4.17. The van der Waals surface area contributed by atoms with Crippen LogP contribution in [0, 0.1) is 5.92 Å². The largest absolute Gasteiger partial charge is 0.379 e. The number of piperidine rings is 1. The maximum Gasteiger partial charge on any atom is 0.211 e. The van der Waals surface area contributed by atoms with Gasteiger partial charge in [-0.3, -0.25) is 9.89 Å². The molecule has 0 amide bonds. The first-order chi connectivity index (χ1) is 11.9. The van der Waals surface area contributed by atoms with Gasteiger partial charge in [0.15, 0.2) is 5.96 Å². The number of ether oxygens (including phenoxy) is 1. The molecular formula is C16H33N5O3S. The normalized spacial score (nSPS) is 23.4. The molecule has 2 heterocycles. The predicted molar refractivity (Wildman–Crippen MR) is 100 cm³/mol. The number of hydrogen-bond donors (Lipinski definition) is 2. The average molecular weight is 376 g/mol. The van der Waals surface area contributed by atoms with Crippen molar-refractivity contribution >= 4 is 16.0 Å². The monoisotopic (exact) mass is 375 g/mol. The molecule has 0 bridgehead atoms. The molecule has 0 spiro atoms. The number of morpholine rings is 1. The van der Waals surface area contributed by atoms with Crippen molar-refractivity contribution in [1.82, 2.24) is 19.8 Å². The Morgan fingerprint density at radius 1 is 1.20 bits per heavy atom. The summed E-state index contributed by atoms with van der Waals surface area (Å²) in [5, 5.41) is 6.77. The second-order valence-corrected chi connectivity index (χ2v) is 8.92. The molecule has 1 unspecified atom stereocenters. The van der Waals surface area contributed by atoms with Crippen molar-refractivity contribution in [2.24, 2.45) is 10.9 Å². The van der Waals surface area contributed by atoms with Crippen LogP contribution in [0.5, 0.6) is 0 Å². The SMILES string of the molecule is CN=C(NCC1CCN(S(C)(=O)=O)CC1)NCC(C)N1CCOCC1. The van der Waals surface area contributed by atoms with Gasteiger partial charge < -0.3 is 15.4 Å². The summed E-state index contributed by atoms with van der Waals surface area (Å²) in [6.07, 6.45) is 3.06. The van der Waals surface area contributed by atoms with Crippen molar-refractivity contribution in [2.45, 2.75) is 25.8 Å². The van der Waals surface area contributed by atoms with Crippen molar-refractivity contribution in [3.8, 4) is 0 Å². The summed E-state index contributed by atoms with van der Waals surface area (Å²) in [5.41, 5.74) is 0. The molecule has 1 atom stereocenters. The Morgan fingerprint density at radius 3 is 2.40 bits per heavy atom. The van der Waals surface area contributed by atoms with E-state index in [4.69, 9.17) is 4.74 Å². The van der Waals surface area contributed by atoms with E-state index in [2.05, 4.69) is 27.4 Å². The highest BCUT2D eigenvalue weighted by atomic mass is 32.2. The van der Waals surface area contributed by atoms with E-state index in [1.165, 1.54) is 6.26 Å². The summed E-state index contributed by atoms with van der Waals surface area (Å²) in [5.74, 6) is 1.29. The van der Waals surface area contributed by atoms with Gasteiger partial charge in [-0.15, -0.1) is 0 Å². The van der Waals surface area contributed by atoms with Crippen LogP contribution in [-0.4, -0.2) is 95.4 Å². The molecule has 2 aliphatic rings. The maximum atomic E-state index is 11.6. The van der Waals surface area contributed by atoms with Crippen LogP contribution in [0.15, 0.2) is 4.99 Å². The number of nitrogens with one attached hydrogen (secondary N) is 2. The van der Waals surface area contributed by atoms with E-state index in [-0.39, 0.29) is 0 Å². The summed E-state index contributed by atoms with van der Waals surface area (Å²) in [6, 6.07) is 0.431. The molecule has 2 rings (SSSR count). The van der Waals surface area contributed by atoms with Crippen molar-refractivity contribution in [3.05, 3.63) is 0 Å². The maximum absolute atomic E-state index is 11.6. The lowest BCUT2D eigenvalue weighted by Gasteiger charge is -2.33. The van der Waals surface area contributed by atoms with Gasteiger partial charge in [-0.25, -0.2) is 12.7 Å². The number of aliphatic imine (C=N–C) groups is 1. The first kappa shape index (κ1) is 20.4. The van der Waals surface area contributed by atoms with Gasteiger partial charge in [0.1, 0.15) is 0 Å². The third kappa shape index (κ3) is 6.73. The zero-order valence-electron chi connectivity index (χ0n) is 15.7. The van der Waals surface area contributed by atoms with Gasteiger partial charge in [0.2, 0.25) is 10.0 Å². The third-order valence-corrected chi connectivity index (χ3v) is 6.36. The van der Waals surface area contributed by atoms with Crippen LogP contribution < -0.4 is 10.6 Å². The summed E-state index contributed by atoms with van der Waals surface area (Å²) in [7, 11) is -1.27. The molecule has 8 nitrogen and oxygen atoms in total. The minimum Gasteiger partial charge on any atom is -0.379 e.